The van der Waals surface area contributed by atoms with Crippen molar-refractivity contribution in [2.75, 3.05) is 14.2 Å². The van der Waals surface area contributed by atoms with Crippen molar-refractivity contribution in [2.24, 2.45) is 0 Å². The van der Waals surface area contributed by atoms with Crippen LogP contribution < -0.4 is 9.47 Å². The van der Waals surface area contributed by atoms with Crippen LogP contribution in [0.1, 0.15) is 11.1 Å². The zero-order chi connectivity index (χ0) is 17.3. The minimum Gasteiger partial charge on any atom is -0.496 e. The van der Waals surface area contributed by atoms with E-state index >= 15 is 0 Å². The summed E-state index contributed by atoms with van der Waals surface area (Å²) in [5, 5.41) is 0. The van der Waals surface area contributed by atoms with Gasteiger partial charge < -0.3 is 9.47 Å². The quantitative estimate of drug-likeness (QED) is 0.648. The average Bonchev–Trinajstić information content (AvgIpc) is 3.06. The number of aryl methyl sites for hydroxylation is 1. The largest absolute Gasteiger partial charge is 0.496 e. The molecule has 0 bridgehead atoms. The number of halogens is 1. The number of aromatic nitrogens is 1. The van der Waals surface area contributed by atoms with Crippen LogP contribution in [0, 0.1) is 19.7 Å². The van der Waals surface area contributed by atoms with Crippen molar-refractivity contribution in [3.05, 3.63) is 53.5 Å². The Hall–Kier alpha value is -2.40. The molecule has 1 aromatic heterocycles. The van der Waals surface area contributed by atoms with Crippen molar-refractivity contribution in [1.29, 1.82) is 0 Å². The lowest BCUT2D eigenvalue weighted by Gasteiger charge is -2.11. The smallest absolute Gasteiger partial charge is 0.165 e. The second-order valence-corrected chi connectivity index (χ2v) is 6.34. The van der Waals surface area contributed by atoms with E-state index < -0.39 is 0 Å². The maximum atomic E-state index is 14.1. The Morgan fingerprint density at radius 2 is 1.71 bits per heavy atom. The molecule has 0 fully saturated rings. The van der Waals surface area contributed by atoms with Gasteiger partial charge >= 0.3 is 0 Å². The molecule has 0 N–H and O–H groups in total. The number of methoxy groups -OCH3 is 2. The van der Waals surface area contributed by atoms with E-state index in [2.05, 4.69) is 17.4 Å². The molecule has 0 unspecified atom stereocenters. The van der Waals surface area contributed by atoms with Gasteiger partial charge in [-0.05, 0) is 65.8 Å². The maximum absolute atomic E-state index is 14.1. The molecule has 0 spiro atoms. The standard InChI is InChI=1S/C19H18FNO2S/c1-11-7-14(9-18(23-4)12(11)2)19-15(10-21-24-19)13-5-6-17(22-3)16(20)8-13/h5-10H,1-4H3. The first-order chi connectivity index (χ1) is 11.5. The molecular formula is C19H18FNO2S. The molecule has 0 aliphatic carbocycles. The first-order valence-electron chi connectivity index (χ1n) is 7.49. The Bertz CT molecular complexity index is 889. The molecule has 0 radical (unpaired) electrons. The summed E-state index contributed by atoms with van der Waals surface area (Å²) in [4.78, 5) is 0.987. The van der Waals surface area contributed by atoms with Crippen molar-refractivity contribution >= 4 is 11.5 Å². The summed E-state index contributed by atoms with van der Waals surface area (Å²) in [7, 11) is 3.12. The molecule has 24 heavy (non-hydrogen) atoms. The van der Waals surface area contributed by atoms with Crippen LogP contribution in [0.15, 0.2) is 36.5 Å². The highest BCUT2D eigenvalue weighted by Gasteiger charge is 2.15. The average molecular weight is 343 g/mol. The van der Waals surface area contributed by atoms with Crippen LogP contribution in [0.4, 0.5) is 4.39 Å². The Balaban J connectivity index is 2.12. The van der Waals surface area contributed by atoms with Crippen LogP contribution in [0.2, 0.25) is 0 Å². The molecule has 0 atom stereocenters. The van der Waals surface area contributed by atoms with Crippen LogP contribution in [-0.4, -0.2) is 18.6 Å². The summed E-state index contributed by atoms with van der Waals surface area (Å²) < 4.78 is 28.8. The van der Waals surface area contributed by atoms with Crippen molar-refractivity contribution in [2.45, 2.75) is 13.8 Å². The SMILES string of the molecule is COc1ccc(-c2cnsc2-c2cc(C)c(C)c(OC)c2)cc1F. The molecule has 3 nitrogen and oxygen atoms in total. The number of hydrogen-bond donors (Lipinski definition) is 0. The topological polar surface area (TPSA) is 31.4 Å². The molecule has 0 amide bonds. The summed E-state index contributed by atoms with van der Waals surface area (Å²) in [6, 6.07) is 9.05. The fourth-order valence-corrected chi connectivity index (χ4v) is 3.41. The molecule has 124 valence electrons. The van der Waals surface area contributed by atoms with Crippen LogP contribution in [-0.2, 0) is 0 Å². The zero-order valence-corrected chi connectivity index (χ0v) is 14.8. The molecule has 3 rings (SSSR count). The number of rotatable bonds is 4. The predicted octanol–water partition coefficient (Wildman–Crippen LogP) is 5.25. The van der Waals surface area contributed by atoms with E-state index in [9.17, 15) is 4.39 Å². The highest BCUT2D eigenvalue weighted by molar-refractivity contribution is 7.10. The highest BCUT2D eigenvalue weighted by Crippen LogP contribution is 2.39. The van der Waals surface area contributed by atoms with Gasteiger partial charge in [-0.1, -0.05) is 12.1 Å². The molecule has 2 aromatic carbocycles. The van der Waals surface area contributed by atoms with Crippen molar-refractivity contribution < 1.29 is 13.9 Å². The van der Waals surface area contributed by atoms with E-state index in [1.807, 2.05) is 19.1 Å². The van der Waals surface area contributed by atoms with E-state index in [-0.39, 0.29) is 11.6 Å². The van der Waals surface area contributed by atoms with Gasteiger partial charge in [0.05, 0.1) is 19.1 Å². The van der Waals surface area contributed by atoms with Crippen molar-refractivity contribution in [3.63, 3.8) is 0 Å². The van der Waals surface area contributed by atoms with E-state index in [4.69, 9.17) is 9.47 Å². The molecule has 0 saturated heterocycles. The second-order valence-electron chi connectivity index (χ2n) is 5.54. The first-order valence-corrected chi connectivity index (χ1v) is 8.26. The van der Waals surface area contributed by atoms with Gasteiger partial charge in [-0.25, -0.2) is 4.39 Å². The molecule has 0 aliphatic heterocycles. The highest BCUT2D eigenvalue weighted by atomic mass is 32.1. The van der Waals surface area contributed by atoms with Crippen LogP contribution in [0.3, 0.4) is 0 Å². The molecule has 0 saturated carbocycles. The minimum absolute atomic E-state index is 0.233. The number of hydrogen-bond acceptors (Lipinski definition) is 4. The monoisotopic (exact) mass is 343 g/mol. The van der Waals surface area contributed by atoms with Gasteiger partial charge in [0.2, 0.25) is 0 Å². The third kappa shape index (κ3) is 2.87. The van der Waals surface area contributed by atoms with E-state index in [0.29, 0.717) is 0 Å². The normalized spacial score (nSPS) is 10.7. The Labute approximate surface area is 144 Å². The third-order valence-corrected chi connectivity index (χ3v) is 4.98. The predicted molar refractivity (Wildman–Crippen MR) is 95.5 cm³/mol. The molecule has 1 heterocycles. The first kappa shape index (κ1) is 16.5. The zero-order valence-electron chi connectivity index (χ0n) is 14.0. The molecule has 5 heteroatoms. The molecular weight excluding hydrogens is 325 g/mol. The van der Waals surface area contributed by atoms with Crippen molar-refractivity contribution in [1.82, 2.24) is 4.37 Å². The summed E-state index contributed by atoms with van der Waals surface area (Å²) in [5.74, 6) is 0.686. The van der Waals surface area contributed by atoms with E-state index in [1.165, 1.54) is 24.7 Å². The Morgan fingerprint density at radius 3 is 2.38 bits per heavy atom. The number of nitrogens with zero attached hydrogens (tertiary/aromatic N) is 1. The maximum Gasteiger partial charge on any atom is 0.165 e. The van der Waals surface area contributed by atoms with Gasteiger partial charge in [0.15, 0.2) is 11.6 Å². The van der Waals surface area contributed by atoms with E-state index in [1.54, 1.807) is 19.4 Å². The van der Waals surface area contributed by atoms with Gasteiger partial charge in [0, 0.05) is 11.8 Å². The van der Waals surface area contributed by atoms with Gasteiger partial charge in [-0.2, -0.15) is 4.37 Å². The lowest BCUT2D eigenvalue weighted by molar-refractivity contribution is 0.386. The fraction of sp³-hybridized carbons (Fsp3) is 0.211. The minimum atomic E-state index is -0.384. The summed E-state index contributed by atoms with van der Waals surface area (Å²) in [6.07, 6.45) is 1.77. The van der Waals surface area contributed by atoms with E-state index in [0.717, 1.165) is 38.4 Å². The fourth-order valence-electron chi connectivity index (χ4n) is 2.66. The van der Waals surface area contributed by atoms with Gasteiger partial charge in [-0.3, -0.25) is 0 Å². The third-order valence-electron chi connectivity index (χ3n) is 4.14. The number of benzene rings is 2. The Morgan fingerprint density at radius 1 is 0.958 bits per heavy atom. The second kappa shape index (κ2) is 6.61. The lowest BCUT2D eigenvalue weighted by Crippen LogP contribution is -1.92. The Kier molecular flexibility index (Phi) is 4.53. The van der Waals surface area contributed by atoms with Crippen LogP contribution in [0.25, 0.3) is 21.6 Å². The van der Waals surface area contributed by atoms with Gasteiger partial charge in [-0.15, -0.1) is 0 Å². The van der Waals surface area contributed by atoms with Crippen molar-refractivity contribution in [3.8, 4) is 33.1 Å². The summed E-state index contributed by atoms with van der Waals surface area (Å²) in [5.41, 5.74) is 4.94. The van der Waals surface area contributed by atoms with Crippen LogP contribution >= 0.6 is 11.5 Å². The van der Waals surface area contributed by atoms with Crippen LogP contribution in [0.5, 0.6) is 11.5 Å². The van der Waals surface area contributed by atoms with Gasteiger partial charge in [0.1, 0.15) is 5.75 Å². The van der Waals surface area contributed by atoms with Gasteiger partial charge in [0.25, 0.3) is 0 Å². The molecule has 3 aromatic rings. The number of ether oxygens (including phenoxy) is 2. The summed E-state index contributed by atoms with van der Waals surface area (Å²) in [6.45, 7) is 4.08. The lowest BCUT2D eigenvalue weighted by atomic mass is 9.99. The summed E-state index contributed by atoms with van der Waals surface area (Å²) >= 11 is 1.39. The molecule has 0 aliphatic rings.